The number of benzene rings is 1. The Morgan fingerprint density at radius 1 is 1.30 bits per heavy atom. The van der Waals surface area contributed by atoms with Gasteiger partial charge in [0, 0.05) is 13.7 Å². The summed E-state index contributed by atoms with van der Waals surface area (Å²) < 4.78 is 15.4. The second kappa shape index (κ2) is 8.55. The topological polar surface area (TPSA) is 73.9 Å². The molecule has 0 atom stereocenters. The number of carbonyl (C=O) groups is 2. The molecule has 0 aliphatic rings. The van der Waals surface area contributed by atoms with Crippen LogP contribution in [0, 0.1) is 0 Å². The molecule has 0 fully saturated rings. The van der Waals surface area contributed by atoms with E-state index in [1.807, 2.05) is 0 Å². The molecule has 0 unspecified atom stereocenters. The summed E-state index contributed by atoms with van der Waals surface area (Å²) >= 11 is 3.27. The molecule has 1 N–H and O–H groups in total. The van der Waals surface area contributed by atoms with Gasteiger partial charge in [0.15, 0.2) is 6.61 Å². The van der Waals surface area contributed by atoms with Crippen LogP contribution in [-0.4, -0.2) is 45.9 Å². The van der Waals surface area contributed by atoms with Crippen molar-refractivity contribution in [2.45, 2.75) is 0 Å². The molecular weight excluding hydrogens is 330 g/mol. The number of carbonyl (C=O) groups excluding carboxylic acids is 2. The van der Waals surface area contributed by atoms with Gasteiger partial charge in [-0.3, -0.25) is 4.79 Å². The zero-order valence-corrected chi connectivity index (χ0v) is 12.9. The van der Waals surface area contributed by atoms with E-state index in [1.165, 1.54) is 14.2 Å². The molecular formula is C13H16BrNO5. The van der Waals surface area contributed by atoms with Gasteiger partial charge in [0.05, 0.1) is 23.8 Å². The Kier molecular flexibility index (Phi) is 7.03. The molecule has 1 amide bonds. The van der Waals surface area contributed by atoms with E-state index in [0.717, 1.165) is 0 Å². The highest BCUT2D eigenvalue weighted by molar-refractivity contribution is 9.10. The van der Waals surface area contributed by atoms with Crippen LogP contribution in [0.5, 0.6) is 5.75 Å². The Bertz CT molecular complexity index is 478. The number of hydrogen-bond acceptors (Lipinski definition) is 5. The highest BCUT2D eigenvalue weighted by Crippen LogP contribution is 2.25. The number of rotatable bonds is 7. The number of halogens is 1. The average Bonchev–Trinajstić information content (AvgIpc) is 2.45. The van der Waals surface area contributed by atoms with Crippen molar-refractivity contribution in [3.05, 3.63) is 28.2 Å². The summed E-state index contributed by atoms with van der Waals surface area (Å²) in [6, 6.07) is 4.78. The largest absolute Gasteiger partial charge is 0.496 e. The Balaban J connectivity index is 2.46. The van der Waals surface area contributed by atoms with Crippen molar-refractivity contribution in [1.82, 2.24) is 5.32 Å². The maximum atomic E-state index is 11.7. The van der Waals surface area contributed by atoms with Gasteiger partial charge in [-0.1, -0.05) is 0 Å². The standard InChI is InChI=1S/C13H16BrNO5/c1-18-6-5-15-12(16)8-20-13(17)9-3-4-11(19-2)10(14)7-9/h3-4,7H,5-6,8H2,1-2H3,(H,15,16). The summed E-state index contributed by atoms with van der Waals surface area (Å²) in [6.07, 6.45) is 0. The van der Waals surface area contributed by atoms with Crippen LogP contribution in [0.2, 0.25) is 0 Å². The van der Waals surface area contributed by atoms with Gasteiger partial charge < -0.3 is 19.5 Å². The molecule has 0 spiro atoms. The van der Waals surface area contributed by atoms with E-state index < -0.39 is 5.97 Å². The second-order valence-corrected chi connectivity index (χ2v) is 4.62. The van der Waals surface area contributed by atoms with E-state index in [2.05, 4.69) is 21.2 Å². The molecule has 1 rings (SSSR count). The number of amides is 1. The maximum absolute atomic E-state index is 11.7. The fourth-order valence-electron chi connectivity index (χ4n) is 1.35. The van der Waals surface area contributed by atoms with E-state index in [-0.39, 0.29) is 12.5 Å². The van der Waals surface area contributed by atoms with Gasteiger partial charge in [-0.05, 0) is 34.1 Å². The lowest BCUT2D eigenvalue weighted by molar-refractivity contribution is -0.124. The molecule has 0 aromatic heterocycles. The van der Waals surface area contributed by atoms with Crippen LogP contribution < -0.4 is 10.1 Å². The molecule has 0 saturated carbocycles. The third-order valence-corrected chi connectivity index (χ3v) is 2.97. The number of methoxy groups -OCH3 is 2. The normalized spacial score (nSPS) is 9.95. The van der Waals surface area contributed by atoms with E-state index in [4.69, 9.17) is 14.2 Å². The Labute approximate surface area is 125 Å². The summed E-state index contributed by atoms with van der Waals surface area (Å²) in [6.45, 7) is 0.457. The predicted molar refractivity (Wildman–Crippen MR) is 75.9 cm³/mol. The lowest BCUT2D eigenvalue weighted by atomic mass is 10.2. The maximum Gasteiger partial charge on any atom is 0.338 e. The molecule has 7 heteroatoms. The van der Waals surface area contributed by atoms with Crippen LogP contribution in [-0.2, 0) is 14.3 Å². The molecule has 0 heterocycles. The molecule has 110 valence electrons. The molecule has 0 saturated heterocycles. The first-order valence-corrected chi connectivity index (χ1v) is 6.64. The summed E-state index contributed by atoms with van der Waals surface area (Å²) in [7, 11) is 3.07. The first kappa shape index (κ1) is 16.5. The Morgan fingerprint density at radius 2 is 2.05 bits per heavy atom. The van der Waals surface area contributed by atoms with E-state index in [1.54, 1.807) is 18.2 Å². The van der Waals surface area contributed by atoms with Crippen LogP contribution in [0.3, 0.4) is 0 Å². The smallest absolute Gasteiger partial charge is 0.338 e. The van der Waals surface area contributed by atoms with Crippen molar-refractivity contribution in [3.63, 3.8) is 0 Å². The average molecular weight is 346 g/mol. The van der Waals surface area contributed by atoms with Crippen molar-refractivity contribution in [2.24, 2.45) is 0 Å². The lowest BCUT2D eigenvalue weighted by Gasteiger charge is -2.07. The minimum absolute atomic E-state index is 0.327. The molecule has 0 aliphatic heterocycles. The van der Waals surface area contributed by atoms with E-state index >= 15 is 0 Å². The zero-order valence-electron chi connectivity index (χ0n) is 11.3. The summed E-state index contributed by atoms with van der Waals surface area (Å²) in [5, 5.41) is 2.55. The lowest BCUT2D eigenvalue weighted by Crippen LogP contribution is -2.31. The summed E-state index contributed by atoms with van der Waals surface area (Å²) in [5.41, 5.74) is 0.336. The van der Waals surface area contributed by atoms with Crippen LogP contribution in [0.25, 0.3) is 0 Å². The van der Waals surface area contributed by atoms with Crippen molar-refractivity contribution >= 4 is 27.8 Å². The van der Waals surface area contributed by atoms with Crippen LogP contribution >= 0.6 is 15.9 Å². The quantitative estimate of drug-likeness (QED) is 0.596. The molecule has 0 bridgehead atoms. The Morgan fingerprint density at radius 3 is 2.65 bits per heavy atom. The summed E-state index contributed by atoms with van der Waals surface area (Å²) in [4.78, 5) is 23.1. The van der Waals surface area contributed by atoms with Crippen LogP contribution in [0.1, 0.15) is 10.4 Å². The number of nitrogens with one attached hydrogen (secondary N) is 1. The molecule has 0 radical (unpaired) electrons. The molecule has 0 aliphatic carbocycles. The molecule has 1 aromatic carbocycles. The fourth-order valence-corrected chi connectivity index (χ4v) is 1.89. The highest BCUT2D eigenvalue weighted by Gasteiger charge is 2.12. The van der Waals surface area contributed by atoms with Gasteiger partial charge in [-0.15, -0.1) is 0 Å². The minimum Gasteiger partial charge on any atom is -0.496 e. The van der Waals surface area contributed by atoms with Gasteiger partial charge in [-0.25, -0.2) is 4.79 Å². The highest BCUT2D eigenvalue weighted by atomic mass is 79.9. The predicted octanol–water partition coefficient (Wildman–Crippen LogP) is 1.38. The zero-order chi connectivity index (χ0) is 15.0. The number of ether oxygens (including phenoxy) is 3. The van der Waals surface area contributed by atoms with Crippen molar-refractivity contribution < 1.29 is 23.8 Å². The molecule has 1 aromatic rings. The first-order valence-electron chi connectivity index (χ1n) is 5.84. The third-order valence-electron chi connectivity index (χ3n) is 2.35. The third kappa shape index (κ3) is 5.18. The van der Waals surface area contributed by atoms with Crippen LogP contribution in [0.15, 0.2) is 22.7 Å². The van der Waals surface area contributed by atoms with E-state index in [9.17, 15) is 9.59 Å². The van der Waals surface area contributed by atoms with Gasteiger partial charge in [0.25, 0.3) is 5.91 Å². The molecule has 6 nitrogen and oxygen atoms in total. The second-order valence-electron chi connectivity index (χ2n) is 3.77. The van der Waals surface area contributed by atoms with Gasteiger partial charge in [0.2, 0.25) is 0 Å². The van der Waals surface area contributed by atoms with Crippen LogP contribution in [0.4, 0.5) is 0 Å². The Hall–Kier alpha value is -1.60. The minimum atomic E-state index is -0.574. The first-order chi connectivity index (χ1) is 9.58. The van der Waals surface area contributed by atoms with E-state index in [0.29, 0.717) is 28.9 Å². The van der Waals surface area contributed by atoms with Gasteiger partial charge >= 0.3 is 5.97 Å². The van der Waals surface area contributed by atoms with Gasteiger partial charge in [-0.2, -0.15) is 0 Å². The van der Waals surface area contributed by atoms with Gasteiger partial charge in [0.1, 0.15) is 5.75 Å². The summed E-state index contributed by atoms with van der Waals surface area (Å²) in [5.74, 6) is -0.336. The molecule has 20 heavy (non-hydrogen) atoms. The SMILES string of the molecule is COCCNC(=O)COC(=O)c1ccc(OC)c(Br)c1. The number of hydrogen-bond donors (Lipinski definition) is 1. The monoisotopic (exact) mass is 345 g/mol. The van der Waals surface area contributed by atoms with Crippen molar-refractivity contribution in [2.75, 3.05) is 34.0 Å². The fraction of sp³-hybridized carbons (Fsp3) is 0.385. The van der Waals surface area contributed by atoms with Crippen molar-refractivity contribution in [3.8, 4) is 5.75 Å². The number of esters is 1. The van der Waals surface area contributed by atoms with Crippen molar-refractivity contribution in [1.29, 1.82) is 0 Å².